The van der Waals surface area contributed by atoms with Crippen LogP contribution in [-0.4, -0.2) is 39.2 Å². The highest BCUT2D eigenvalue weighted by atomic mass is 35.5. The predicted octanol–water partition coefficient (Wildman–Crippen LogP) is 3.62. The third-order valence-electron chi connectivity index (χ3n) is 4.26. The van der Waals surface area contributed by atoms with Crippen molar-refractivity contribution in [2.75, 3.05) is 13.1 Å². The molecule has 0 saturated carbocycles. The van der Waals surface area contributed by atoms with E-state index in [0.29, 0.717) is 42.0 Å². The van der Waals surface area contributed by atoms with Gasteiger partial charge in [-0.3, -0.25) is 4.79 Å². The molecule has 7 heteroatoms. The predicted molar refractivity (Wildman–Crippen MR) is 97.1 cm³/mol. The lowest BCUT2D eigenvalue weighted by Crippen LogP contribution is -2.43. The van der Waals surface area contributed by atoms with Gasteiger partial charge in [0.25, 0.3) is 5.56 Å². The lowest BCUT2D eigenvalue weighted by molar-refractivity contribution is 0.0187. The summed E-state index contributed by atoms with van der Waals surface area (Å²) in [6.07, 6.45) is 2.90. The molecule has 0 radical (unpaired) electrons. The highest BCUT2D eigenvalue weighted by Gasteiger charge is 2.28. The van der Waals surface area contributed by atoms with Crippen molar-refractivity contribution in [3.8, 4) is 0 Å². The zero-order chi connectivity index (χ0) is 18.2. The van der Waals surface area contributed by atoms with Crippen LogP contribution in [-0.2, 0) is 4.74 Å². The molecule has 25 heavy (non-hydrogen) atoms. The zero-order valence-electron chi connectivity index (χ0n) is 14.7. The van der Waals surface area contributed by atoms with E-state index in [1.54, 1.807) is 27.8 Å². The van der Waals surface area contributed by atoms with Gasteiger partial charge in [0, 0.05) is 25.3 Å². The minimum atomic E-state index is -0.502. The molecule has 0 bridgehead atoms. The zero-order valence-corrected chi connectivity index (χ0v) is 15.4. The number of nitrogens with zero attached hydrogens (tertiary/aromatic N) is 3. The van der Waals surface area contributed by atoms with Crippen LogP contribution < -0.4 is 5.56 Å². The van der Waals surface area contributed by atoms with E-state index < -0.39 is 5.60 Å². The summed E-state index contributed by atoms with van der Waals surface area (Å²) in [6, 6.07) is 5.20. The molecule has 0 aliphatic carbocycles. The molecule has 6 nitrogen and oxygen atoms in total. The molecule has 2 aromatic heterocycles. The molecule has 0 atom stereocenters. The summed E-state index contributed by atoms with van der Waals surface area (Å²) < 4.78 is 7.15. The van der Waals surface area contributed by atoms with Gasteiger partial charge in [-0.15, -0.1) is 0 Å². The number of halogens is 1. The first-order chi connectivity index (χ1) is 11.7. The lowest BCUT2D eigenvalue weighted by atomic mass is 10.0. The molecule has 1 aliphatic rings. The van der Waals surface area contributed by atoms with Gasteiger partial charge in [0.1, 0.15) is 10.8 Å². The van der Waals surface area contributed by atoms with E-state index in [1.807, 2.05) is 26.8 Å². The van der Waals surface area contributed by atoms with Gasteiger partial charge < -0.3 is 14.2 Å². The Bertz CT molecular complexity index is 849. The number of hydrogen-bond donors (Lipinski definition) is 0. The summed E-state index contributed by atoms with van der Waals surface area (Å²) in [5.41, 5.74) is 0.0228. The van der Waals surface area contributed by atoms with Crippen LogP contribution in [0.5, 0.6) is 0 Å². The molecule has 3 rings (SSSR count). The van der Waals surface area contributed by atoms with Crippen molar-refractivity contribution < 1.29 is 9.53 Å². The number of ether oxygens (including phenoxy) is 1. The molecular weight excluding hydrogens is 342 g/mol. The van der Waals surface area contributed by atoms with Gasteiger partial charge in [0.2, 0.25) is 0 Å². The maximum Gasteiger partial charge on any atom is 0.410 e. The van der Waals surface area contributed by atoms with E-state index in [1.165, 1.54) is 0 Å². The number of piperidine rings is 1. The van der Waals surface area contributed by atoms with Gasteiger partial charge in [-0.2, -0.15) is 0 Å². The summed E-state index contributed by atoms with van der Waals surface area (Å²) in [6.45, 7) is 6.71. The number of carbonyl (C=O) groups is 1. The summed E-state index contributed by atoms with van der Waals surface area (Å²) >= 11 is 5.88. The Labute approximate surface area is 151 Å². The number of carbonyl (C=O) groups excluding carboxylic acids is 1. The van der Waals surface area contributed by atoms with E-state index in [0.717, 1.165) is 0 Å². The monoisotopic (exact) mass is 363 g/mol. The molecule has 0 aromatic carbocycles. The van der Waals surface area contributed by atoms with Gasteiger partial charge in [-0.1, -0.05) is 11.6 Å². The molecule has 3 heterocycles. The van der Waals surface area contributed by atoms with Gasteiger partial charge >= 0.3 is 6.09 Å². The molecule has 1 amide bonds. The van der Waals surface area contributed by atoms with Crippen LogP contribution in [0.15, 0.2) is 29.2 Å². The second-order valence-corrected chi connectivity index (χ2v) is 7.68. The Hall–Kier alpha value is -2.08. The molecule has 1 saturated heterocycles. The van der Waals surface area contributed by atoms with Crippen molar-refractivity contribution in [2.24, 2.45) is 0 Å². The van der Waals surface area contributed by atoms with Gasteiger partial charge in [-0.25, -0.2) is 9.78 Å². The minimum absolute atomic E-state index is 0.0614. The first-order valence-electron chi connectivity index (χ1n) is 8.40. The van der Waals surface area contributed by atoms with Crippen molar-refractivity contribution in [1.29, 1.82) is 0 Å². The fourth-order valence-corrected chi connectivity index (χ4v) is 3.21. The molecule has 2 aromatic rings. The maximum absolute atomic E-state index is 12.7. The fraction of sp³-hybridized carbons (Fsp3) is 0.500. The van der Waals surface area contributed by atoms with Crippen LogP contribution in [0.2, 0.25) is 5.15 Å². The summed E-state index contributed by atoms with van der Waals surface area (Å²) in [5, 5.41) is 0.928. The van der Waals surface area contributed by atoms with Gasteiger partial charge in [0.15, 0.2) is 0 Å². The second-order valence-electron chi connectivity index (χ2n) is 7.29. The van der Waals surface area contributed by atoms with Crippen LogP contribution in [0.25, 0.3) is 10.9 Å². The normalized spacial score (nSPS) is 16.2. The van der Waals surface area contributed by atoms with Crippen LogP contribution >= 0.6 is 11.6 Å². The first kappa shape index (κ1) is 17.7. The number of pyridine rings is 2. The Morgan fingerprint density at radius 3 is 2.56 bits per heavy atom. The number of rotatable bonds is 1. The molecule has 0 spiro atoms. The van der Waals surface area contributed by atoms with Crippen molar-refractivity contribution in [1.82, 2.24) is 14.5 Å². The third kappa shape index (κ3) is 3.95. The number of fused-ring (bicyclic) bond motifs is 1. The first-order valence-corrected chi connectivity index (χ1v) is 8.78. The van der Waals surface area contributed by atoms with E-state index in [9.17, 15) is 9.59 Å². The Kier molecular flexibility index (Phi) is 4.73. The number of aromatic nitrogens is 2. The van der Waals surface area contributed by atoms with E-state index in [-0.39, 0.29) is 17.7 Å². The van der Waals surface area contributed by atoms with Crippen molar-refractivity contribution >= 4 is 28.6 Å². The maximum atomic E-state index is 12.7. The number of hydrogen-bond acceptors (Lipinski definition) is 4. The van der Waals surface area contributed by atoms with Crippen molar-refractivity contribution in [3.05, 3.63) is 39.9 Å². The SMILES string of the molecule is CC(C)(C)OC(=O)N1CCC(n2ccc3nc(Cl)ccc3c2=O)CC1. The highest BCUT2D eigenvalue weighted by molar-refractivity contribution is 6.29. The summed E-state index contributed by atoms with van der Waals surface area (Å²) in [4.78, 5) is 30.7. The quantitative estimate of drug-likeness (QED) is 0.726. The Morgan fingerprint density at radius 2 is 1.92 bits per heavy atom. The summed E-state index contributed by atoms with van der Waals surface area (Å²) in [7, 11) is 0. The van der Waals surface area contributed by atoms with Gasteiger partial charge in [0.05, 0.1) is 10.9 Å². The number of amides is 1. The van der Waals surface area contributed by atoms with E-state index in [4.69, 9.17) is 16.3 Å². The second kappa shape index (κ2) is 6.67. The standard InChI is InChI=1S/C18H22ClN3O3/c1-18(2,3)25-17(24)21-9-6-12(7-10-21)22-11-8-14-13(16(22)23)4-5-15(19)20-14/h4-5,8,11-12H,6-7,9-10H2,1-3H3. The average molecular weight is 364 g/mol. The topological polar surface area (TPSA) is 64.4 Å². The lowest BCUT2D eigenvalue weighted by Gasteiger charge is -2.34. The average Bonchev–Trinajstić information content (AvgIpc) is 2.53. The molecule has 1 aliphatic heterocycles. The summed E-state index contributed by atoms with van der Waals surface area (Å²) in [5.74, 6) is 0. The largest absolute Gasteiger partial charge is 0.444 e. The fourth-order valence-electron chi connectivity index (χ4n) is 3.06. The Balaban J connectivity index is 1.74. The third-order valence-corrected chi connectivity index (χ3v) is 4.47. The van der Waals surface area contributed by atoms with Crippen LogP contribution in [0.1, 0.15) is 39.7 Å². The molecule has 0 unspecified atom stereocenters. The van der Waals surface area contributed by atoms with Crippen LogP contribution in [0, 0.1) is 0 Å². The van der Waals surface area contributed by atoms with E-state index >= 15 is 0 Å². The smallest absolute Gasteiger partial charge is 0.410 e. The van der Waals surface area contributed by atoms with Crippen molar-refractivity contribution in [3.63, 3.8) is 0 Å². The van der Waals surface area contributed by atoms with Crippen LogP contribution in [0.4, 0.5) is 4.79 Å². The Morgan fingerprint density at radius 1 is 1.24 bits per heavy atom. The van der Waals surface area contributed by atoms with Gasteiger partial charge in [-0.05, 0) is 51.8 Å². The molecule has 134 valence electrons. The molecular formula is C18H22ClN3O3. The molecule has 1 fully saturated rings. The van der Waals surface area contributed by atoms with Crippen molar-refractivity contribution in [2.45, 2.75) is 45.3 Å². The van der Waals surface area contributed by atoms with Crippen LogP contribution in [0.3, 0.4) is 0 Å². The minimum Gasteiger partial charge on any atom is -0.444 e. The van der Waals surface area contributed by atoms with E-state index in [2.05, 4.69) is 4.98 Å². The number of likely N-dealkylation sites (tertiary alicyclic amines) is 1. The highest BCUT2D eigenvalue weighted by Crippen LogP contribution is 2.23. The molecule has 0 N–H and O–H groups in total.